The molecule has 0 radical (unpaired) electrons. The van der Waals surface area contributed by atoms with Crippen LogP contribution in [-0.2, 0) is 26.1 Å². The van der Waals surface area contributed by atoms with Crippen LogP contribution in [0.2, 0.25) is 0 Å². The molecule has 6 nitrogen and oxygen atoms in total. The summed E-state index contributed by atoms with van der Waals surface area (Å²) >= 11 is 0. The van der Waals surface area contributed by atoms with E-state index in [1.54, 1.807) is 12.4 Å². The number of aromatic nitrogens is 4. The molecule has 5 aromatic rings. The molecule has 0 spiro atoms. The predicted octanol–water partition coefficient (Wildman–Crippen LogP) is 4.39. The van der Waals surface area contributed by atoms with Crippen molar-refractivity contribution < 1.29 is 0 Å². The van der Waals surface area contributed by atoms with Crippen LogP contribution >= 0.6 is 0 Å². The second-order valence-corrected chi connectivity index (χ2v) is 8.82. The third-order valence-corrected chi connectivity index (χ3v) is 6.57. The number of nitrogens with one attached hydrogen (secondary N) is 1. The van der Waals surface area contributed by atoms with Crippen LogP contribution < -0.4 is 5.56 Å². The van der Waals surface area contributed by atoms with E-state index < -0.39 is 0 Å². The number of rotatable bonds is 5. The van der Waals surface area contributed by atoms with Gasteiger partial charge in [0.15, 0.2) is 0 Å². The molecule has 0 bridgehead atoms. The van der Waals surface area contributed by atoms with E-state index >= 15 is 0 Å². The second kappa shape index (κ2) is 8.72. The summed E-state index contributed by atoms with van der Waals surface area (Å²) in [5.41, 5.74) is 6.35. The quantitative estimate of drug-likeness (QED) is 0.434. The Morgan fingerprint density at radius 1 is 0.912 bits per heavy atom. The zero-order valence-corrected chi connectivity index (χ0v) is 18.8. The van der Waals surface area contributed by atoms with Gasteiger partial charge in [-0.05, 0) is 35.7 Å². The van der Waals surface area contributed by atoms with Crippen LogP contribution in [0.15, 0.2) is 90.1 Å². The van der Waals surface area contributed by atoms with Gasteiger partial charge in [-0.3, -0.25) is 14.7 Å². The van der Waals surface area contributed by atoms with Crippen molar-refractivity contribution in [1.82, 2.24) is 24.4 Å². The Hall–Kier alpha value is -4.03. The predicted molar refractivity (Wildman–Crippen MR) is 133 cm³/mol. The van der Waals surface area contributed by atoms with E-state index in [0.717, 1.165) is 36.5 Å². The minimum absolute atomic E-state index is 0.0315. The van der Waals surface area contributed by atoms with E-state index in [2.05, 4.69) is 80.2 Å². The summed E-state index contributed by atoms with van der Waals surface area (Å²) in [5, 5.41) is 1.28. The molecule has 0 saturated heterocycles. The molecule has 0 fully saturated rings. The Morgan fingerprint density at radius 3 is 2.56 bits per heavy atom. The van der Waals surface area contributed by atoms with Crippen LogP contribution in [-0.4, -0.2) is 31.0 Å². The molecule has 0 amide bonds. The highest BCUT2D eigenvalue weighted by atomic mass is 16.1. The van der Waals surface area contributed by atoms with Gasteiger partial charge < -0.3 is 9.55 Å². The molecule has 0 unspecified atom stereocenters. The van der Waals surface area contributed by atoms with Gasteiger partial charge in [0.05, 0.1) is 5.69 Å². The van der Waals surface area contributed by atoms with Gasteiger partial charge in [-0.1, -0.05) is 48.5 Å². The maximum absolute atomic E-state index is 12.7. The number of para-hydroxylation sites is 1. The van der Waals surface area contributed by atoms with Gasteiger partial charge in [0.2, 0.25) is 0 Å². The number of aromatic amines is 1. The van der Waals surface area contributed by atoms with Crippen molar-refractivity contribution in [3.05, 3.63) is 118 Å². The number of hydrogen-bond acceptors (Lipinski definition) is 4. The molecule has 34 heavy (non-hydrogen) atoms. The van der Waals surface area contributed by atoms with E-state index in [-0.39, 0.29) is 5.56 Å². The number of H-pyrrole nitrogens is 1. The summed E-state index contributed by atoms with van der Waals surface area (Å²) in [7, 11) is 0. The van der Waals surface area contributed by atoms with E-state index in [4.69, 9.17) is 4.98 Å². The largest absolute Gasteiger partial charge is 0.343 e. The number of hydrogen-bond donors (Lipinski definition) is 1. The lowest BCUT2D eigenvalue weighted by Gasteiger charge is -2.27. The third kappa shape index (κ3) is 3.93. The van der Waals surface area contributed by atoms with Crippen molar-refractivity contribution in [2.45, 2.75) is 26.1 Å². The summed E-state index contributed by atoms with van der Waals surface area (Å²) in [4.78, 5) is 27.0. The molecule has 168 valence electrons. The minimum atomic E-state index is -0.0315. The van der Waals surface area contributed by atoms with E-state index in [9.17, 15) is 4.79 Å². The topological polar surface area (TPSA) is 66.8 Å². The van der Waals surface area contributed by atoms with Gasteiger partial charge in [0.1, 0.15) is 5.82 Å². The standard InChI is InChI=1S/C28H25N5O/c34-28-24-12-15-32(19-25(24)30-27(31-28)21-10-13-29-14-11-21)17-22-18-33(16-20-6-2-1-3-7-20)26-9-5-4-8-23(22)26/h1-11,13-14,18H,12,15-17,19H2,(H,30,31,34). The van der Waals surface area contributed by atoms with E-state index in [0.29, 0.717) is 18.8 Å². The lowest BCUT2D eigenvalue weighted by Crippen LogP contribution is -2.35. The van der Waals surface area contributed by atoms with Crippen molar-refractivity contribution in [1.29, 1.82) is 0 Å². The van der Waals surface area contributed by atoms with Crippen LogP contribution in [0.25, 0.3) is 22.3 Å². The molecule has 3 aromatic heterocycles. The molecule has 6 rings (SSSR count). The summed E-state index contributed by atoms with van der Waals surface area (Å²) in [6.45, 7) is 3.16. The van der Waals surface area contributed by atoms with Crippen molar-refractivity contribution in [3.63, 3.8) is 0 Å². The van der Waals surface area contributed by atoms with Gasteiger partial charge in [-0.15, -0.1) is 0 Å². The summed E-state index contributed by atoms with van der Waals surface area (Å²) < 4.78 is 2.34. The molecule has 0 saturated carbocycles. The molecule has 1 aliphatic rings. The van der Waals surface area contributed by atoms with Crippen molar-refractivity contribution in [2.75, 3.05) is 6.54 Å². The highest BCUT2D eigenvalue weighted by Crippen LogP contribution is 2.26. The first kappa shape index (κ1) is 20.6. The number of benzene rings is 2. The molecular formula is C28H25N5O. The van der Waals surface area contributed by atoms with Crippen LogP contribution in [0, 0.1) is 0 Å². The lowest BCUT2D eigenvalue weighted by atomic mass is 10.0. The van der Waals surface area contributed by atoms with Crippen LogP contribution in [0.4, 0.5) is 0 Å². The zero-order chi connectivity index (χ0) is 22.9. The zero-order valence-electron chi connectivity index (χ0n) is 18.8. The van der Waals surface area contributed by atoms with Crippen molar-refractivity contribution in [2.24, 2.45) is 0 Å². The summed E-state index contributed by atoms with van der Waals surface area (Å²) in [6, 6.07) is 22.9. The highest BCUT2D eigenvalue weighted by molar-refractivity contribution is 5.84. The Labute approximate surface area is 197 Å². The highest BCUT2D eigenvalue weighted by Gasteiger charge is 2.22. The number of nitrogens with zero attached hydrogens (tertiary/aromatic N) is 4. The molecule has 1 N–H and O–H groups in total. The Kier molecular flexibility index (Phi) is 5.28. The molecule has 0 aliphatic carbocycles. The Morgan fingerprint density at radius 2 is 1.71 bits per heavy atom. The van der Waals surface area contributed by atoms with Gasteiger partial charge >= 0.3 is 0 Å². The first-order chi connectivity index (χ1) is 16.7. The average Bonchev–Trinajstić information content (AvgIpc) is 3.22. The summed E-state index contributed by atoms with van der Waals surface area (Å²) in [6.07, 6.45) is 6.41. The average molecular weight is 448 g/mol. The van der Waals surface area contributed by atoms with Crippen molar-refractivity contribution in [3.8, 4) is 11.4 Å². The van der Waals surface area contributed by atoms with Gasteiger partial charge in [0.25, 0.3) is 5.56 Å². The molecule has 1 aliphatic heterocycles. The lowest BCUT2D eigenvalue weighted by molar-refractivity contribution is 0.241. The first-order valence-corrected chi connectivity index (χ1v) is 11.6. The van der Waals surface area contributed by atoms with Gasteiger partial charge in [-0.2, -0.15) is 0 Å². The molecule has 0 atom stereocenters. The van der Waals surface area contributed by atoms with E-state index in [1.807, 2.05) is 12.1 Å². The van der Waals surface area contributed by atoms with Crippen molar-refractivity contribution >= 4 is 10.9 Å². The fourth-order valence-corrected chi connectivity index (χ4v) is 4.88. The Bertz CT molecular complexity index is 1500. The molecule has 4 heterocycles. The number of pyridine rings is 1. The molecule has 2 aromatic carbocycles. The number of fused-ring (bicyclic) bond motifs is 2. The third-order valence-electron chi connectivity index (χ3n) is 6.57. The maximum Gasteiger partial charge on any atom is 0.254 e. The van der Waals surface area contributed by atoms with Crippen LogP contribution in [0.1, 0.15) is 22.4 Å². The second-order valence-electron chi connectivity index (χ2n) is 8.82. The van der Waals surface area contributed by atoms with Crippen LogP contribution in [0.5, 0.6) is 0 Å². The van der Waals surface area contributed by atoms with Gasteiger partial charge in [0, 0.05) is 66.8 Å². The monoisotopic (exact) mass is 447 g/mol. The fourth-order valence-electron chi connectivity index (χ4n) is 4.88. The van der Waals surface area contributed by atoms with Gasteiger partial charge in [-0.25, -0.2) is 4.98 Å². The smallest absolute Gasteiger partial charge is 0.254 e. The fraction of sp³-hybridized carbons (Fsp3) is 0.179. The van der Waals surface area contributed by atoms with E-state index in [1.165, 1.54) is 22.0 Å². The minimum Gasteiger partial charge on any atom is -0.343 e. The maximum atomic E-state index is 12.7. The summed E-state index contributed by atoms with van der Waals surface area (Å²) in [5.74, 6) is 0.604. The first-order valence-electron chi connectivity index (χ1n) is 11.6. The SMILES string of the molecule is O=c1[nH]c(-c2ccncc2)nc2c1CCN(Cc1cn(Cc3ccccc3)c3ccccc13)C2. The molecule has 6 heteroatoms. The Balaban J connectivity index is 1.29. The van der Waals surface area contributed by atoms with Crippen LogP contribution in [0.3, 0.4) is 0 Å². The molecular weight excluding hydrogens is 422 g/mol. The normalized spacial score (nSPS) is 13.8.